The fraction of sp³-hybridized carbons (Fsp3) is 0.350. The number of aryl methyl sites for hydroxylation is 1. The van der Waals surface area contributed by atoms with Gasteiger partial charge in [0, 0.05) is 16.0 Å². The number of aromatic nitrogens is 2. The van der Waals surface area contributed by atoms with Gasteiger partial charge < -0.3 is 5.32 Å². The van der Waals surface area contributed by atoms with Crippen molar-refractivity contribution < 1.29 is 9.18 Å². The van der Waals surface area contributed by atoms with Gasteiger partial charge in [0.1, 0.15) is 22.0 Å². The summed E-state index contributed by atoms with van der Waals surface area (Å²) in [7, 11) is 0. The van der Waals surface area contributed by atoms with Gasteiger partial charge in [-0.3, -0.25) is 4.79 Å². The van der Waals surface area contributed by atoms with Crippen LogP contribution >= 0.6 is 23.1 Å². The van der Waals surface area contributed by atoms with Crippen molar-refractivity contribution in [3.05, 3.63) is 46.9 Å². The molecule has 140 valence electrons. The van der Waals surface area contributed by atoms with E-state index in [1.165, 1.54) is 40.8 Å². The first-order chi connectivity index (χ1) is 13.0. The Labute approximate surface area is 165 Å². The molecule has 1 amide bonds. The van der Waals surface area contributed by atoms with Gasteiger partial charge in [-0.1, -0.05) is 18.7 Å². The third kappa shape index (κ3) is 3.84. The molecule has 0 radical (unpaired) electrons. The number of amides is 1. The maximum atomic E-state index is 13.0. The Hall–Kier alpha value is -1.99. The Kier molecular flexibility index (Phi) is 5.14. The van der Waals surface area contributed by atoms with Crippen LogP contribution in [0.15, 0.2) is 35.6 Å². The first kappa shape index (κ1) is 18.4. The summed E-state index contributed by atoms with van der Waals surface area (Å²) >= 11 is 3.21. The van der Waals surface area contributed by atoms with Crippen LogP contribution in [0.5, 0.6) is 0 Å². The van der Waals surface area contributed by atoms with Crippen LogP contribution in [0.2, 0.25) is 0 Å². The molecule has 0 fully saturated rings. The number of rotatable bonds is 4. The zero-order valence-electron chi connectivity index (χ0n) is 15.2. The van der Waals surface area contributed by atoms with E-state index in [9.17, 15) is 9.18 Å². The van der Waals surface area contributed by atoms with Crippen LogP contribution in [0, 0.1) is 11.7 Å². The number of fused-ring (bicyclic) bond motifs is 3. The second-order valence-electron chi connectivity index (χ2n) is 6.97. The van der Waals surface area contributed by atoms with Gasteiger partial charge in [-0.05, 0) is 61.9 Å². The van der Waals surface area contributed by atoms with Gasteiger partial charge in [0.2, 0.25) is 5.91 Å². The quantitative estimate of drug-likeness (QED) is 0.490. The highest BCUT2D eigenvalue weighted by Crippen LogP contribution is 2.41. The molecule has 2 aromatic heterocycles. The molecule has 0 aliphatic heterocycles. The second kappa shape index (κ2) is 7.56. The Balaban J connectivity index is 1.56. The fourth-order valence-electron chi connectivity index (χ4n) is 3.33. The first-order valence-electron chi connectivity index (χ1n) is 8.99. The number of benzene rings is 1. The number of thiophene rings is 1. The molecular weight excluding hydrogens is 381 g/mol. The van der Waals surface area contributed by atoms with Gasteiger partial charge in [-0.2, -0.15) is 0 Å². The molecule has 0 spiro atoms. The van der Waals surface area contributed by atoms with E-state index in [2.05, 4.69) is 22.2 Å². The summed E-state index contributed by atoms with van der Waals surface area (Å²) in [5, 5.41) is 4.49. The molecule has 1 aliphatic rings. The molecule has 1 aliphatic carbocycles. The van der Waals surface area contributed by atoms with E-state index in [1.807, 2.05) is 6.92 Å². The van der Waals surface area contributed by atoms with E-state index in [1.54, 1.807) is 29.8 Å². The van der Waals surface area contributed by atoms with Gasteiger partial charge in [-0.25, -0.2) is 14.4 Å². The third-order valence-electron chi connectivity index (χ3n) is 4.83. The minimum absolute atomic E-state index is 0.129. The Morgan fingerprint density at radius 3 is 2.89 bits per heavy atom. The molecule has 4 rings (SSSR count). The topological polar surface area (TPSA) is 54.9 Å². The third-order valence-corrected chi connectivity index (χ3v) is 7.09. The van der Waals surface area contributed by atoms with Crippen LogP contribution in [0.4, 0.5) is 10.1 Å². The highest BCUT2D eigenvalue weighted by molar-refractivity contribution is 8.00. The van der Waals surface area contributed by atoms with E-state index in [0.29, 0.717) is 11.6 Å². The number of hydrogen-bond donors (Lipinski definition) is 1. The van der Waals surface area contributed by atoms with E-state index in [-0.39, 0.29) is 17.0 Å². The van der Waals surface area contributed by atoms with Crippen molar-refractivity contribution in [2.45, 2.75) is 43.4 Å². The molecule has 4 nitrogen and oxygen atoms in total. The molecule has 0 bridgehead atoms. The van der Waals surface area contributed by atoms with Gasteiger partial charge in [0.15, 0.2) is 0 Å². The second-order valence-corrected chi connectivity index (χ2v) is 9.38. The molecule has 1 aromatic carbocycles. The van der Waals surface area contributed by atoms with Gasteiger partial charge in [0.25, 0.3) is 0 Å². The average Bonchev–Trinajstić information content (AvgIpc) is 3.01. The molecule has 1 N–H and O–H groups in total. The maximum Gasteiger partial charge on any atom is 0.237 e. The van der Waals surface area contributed by atoms with Crippen molar-refractivity contribution in [2.24, 2.45) is 5.92 Å². The number of nitrogens with zero attached hydrogens (tertiary/aromatic N) is 2. The lowest BCUT2D eigenvalue weighted by molar-refractivity contribution is -0.115. The van der Waals surface area contributed by atoms with Crippen molar-refractivity contribution in [3.63, 3.8) is 0 Å². The molecule has 2 unspecified atom stereocenters. The molecule has 0 saturated heterocycles. The van der Waals surface area contributed by atoms with E-state index in [0.717, 1.165) is 28.1 Å². The summed E-state index contributed by atoms with van der Waals surface area (Å²) in [5.41, 5.74) is 1.95. The van der Waals surface area contributed by atoms with E-state index >= 15 is 0 Å². The van der Waals surface area contributed by atoms with Crippen LogP contribution in [-0.4, -0.2) is 21.1 Å². The molecule has 0 saturated carbocycles. The molecule has 2 heterocycles. The Bertz CT molecular complexity index is 987. The van der Waals surface area contributed by atoms with Crippen molar-refractivity contribution in [1.82, 2.24) is 9.97 Å². The summed E-state index contributed by atoms with van der Waals surface area (Å²) in [6.45, 7) is 4.15. The lowest BCUT2D eigenvalue weighted by atomic mass is 9.89. The van der Waals surface area contributed by atoms with Crippen molar-refractivity contribution >= 4 is 44.9 Å². The summed E-state index contributed by atoms with van der Waals surface area (Å²) < 4.78 is 13.0. The van der Waals surface area contributed by atoms with Crippen LogP contribution in [0.1, 0.15) is 30.7 Å². The van der Waals surface area contributed by atoms with E-state index < -0.39 is 0 Å². The number of anilines is 1. The maximum absolute atomic E-state index is 13.0. The zero-order chi connectivity index (χ0) is 19.0. The van der Waals surface area contributed by atoms with Crippen molar-refractivity contribution in [1.29, 1.82) is 0 Å². The number of carbonyl (C=O) groups is 1. The molecule has 3 aromatic rings. The fourth-order valence-corrected chi connectivity index (χ4v) is 5.70. The van der Waals surface area contributed by atoms with Crippen LogP contribution < -0.4 is 5.32 Å². The highest BCUT2D eigenvalue weighted by atomic mass is 32.2. The number of nitrogens with one attached hydrogen (secondary N) is 1. The van der Waals surface area contributed by atoms with Crippen LogP contribution in [0.25, 0.3) is 10.2 Å². The standard InChI is InChI=1S/C20H20FN3OS2/c1-11-3-8-15-16(9-11)27-20-17(15)19(22-10-23-20)26-12(2)18(25)24-14-6-4-13(21)5-7-14/h4-7,10-12H,3,8-9H2,1-2H3,(H,24,25). The minimum Gasteiger partial charge on any atom is -0.325 e. The molecular formula is C20H20FN3OS2. The SMILES string of the molecule is CC1CCc2c(sc3ncnc(SC(C)C(=O)Nc4ccc(F)cc4)c23)C1. The lowest BCUT2D eigenvalue weighted by Gasteiger charge is -2.18. The largest absolute Gasteiger partial charge is 0.325 e. The summed E-state index contributed by atoms with van der Waals surface area (Å²) in [6.07, 6.45) is 4.91. The van der Waals surface area contributed by atoms with Crippen molar-refractivity contribution in [3.8, 4) is 0 Å². The van der Waals surface area contributed by atoms with E-state index in [4.69, 9.17) is 0 Å². The molecule has 2 atom stereocenters. The number of thioether (sulfide) groups is 1. The lowest BCUT2D eigenvalue weighted by Crippen LogP contribution is -2.22. The normalized spacial score (nSPS) is 17.5. The van der Waals surface area contributed by atoms with Crippen LogP contribution in [0.3, 0.4) is 0 Å². The Morgan fingerprint density at radius 1 is 1.33 bits per heavy atom. The van der Waals surface area contributed by atoms with Crippen LogP contribution in [-0.2, 0) is 17.6 Å². The van der Waals surface area contributed by atoms with Crippen molar-refractivity contribution in [2.75, 3.05) is 5.32 Å². The number of halogens is 1. The summed E-state index contributed by atoms with van der Waals surface area (Å²) in [4.78, 5) is 23.9. The predicted octanol–water partition coefficient (Wildman–Crippen LogP) is 5.07. The monoisotopic (exact) mass is 401 g/mol. The summed E-state index contributed by atoms with van der Waals surface area (Å²) in [5.74, 6) is 0.251. The number of carbonyl (C=O) groups excluding carboxylic acids is 1. The molecule has 27 heavy (non-hydrogen) atoms. The van der Waals surface area contributed by atoms with Gasteiger partial charge in [0.05, 0.1) is 5.25 Å². The van der Waals surface area contributed by atoms with Gasteiger partial charge >= 0.3 is 0 Å². The predicted molar refractivity (Wildman–Crippen MR) is 109 cm³/mol. The average molecular weight is 402 g/mol. The zero-order valence-corrected chi connectivity index (χ0v) is 16.8. The smallest absolute Gasteiger partial charge is 0.237 e. The number of hydrogen-bond acceptors (Lipinski definition) is 5. The molecule has 7 heteroatoms. The Morgan fingerprint density at radius 2 is 2.11 bits per heavy atom. The van der Waals surface area contributed by atoms with Gasteiger partial charge in [-0.15, -0.1) is 11.3 Å². The summed E-state index contributed by atoms with van der Waals surface area (Å²) in [6, 6.07) is 5.79. The highest BCUT2D eigenvalue weighted by Gasteiger charge is 2.25. The minimum atomic E-state index is -0.328. The first-order valence-corrected chi connectivity index (χ1v) is 10.7.